The highest BCUT2D eigenvalue weighted by Crippen LogP contribution is 2.29. The zero-order chi connectivity index (χ0) is 11.9. The lowest BCUT2D eigenvalue weighted by Crippen LogP contribution is -2.30. The molecule has 0 N–H and O–H groups in total. The Morgan fingerprint density at radius 2 is 1.33 bits per heavy atom. The van der Waals surface area contributed by atoms with E-state index in [1.54, 1.807) is 0 Å². The van der Waals surface area contributed by atoms with Gasteiger partial charge in [0.1, 0.15) is 0 Å². The van der Waals surface area contributed by atoms with E-state index in [1.165, 1.54) is 18.1 Å². The minimum absolute atomic E-state index is 0.318. The lowest BCUT2D eigenvalue weighted by atomic mass is 10.2. The van der Waals surface area contributed by atoms with Crippen molar-refractivity contribution < 1.29 is 13.2 Å². The van der Waals surface area contributed by atoms with Gasteiger partial charge in [0.25, 0.3) is 0 Å². The molecule has 92 valence electrons. The van der Waals surface area contributed by atoms with E-state index in [0.29, 0.717) is 6.42 Å². The molecule has 0 fully saturated rings. The Morgan fingerprint density at radius 3 is 1.67 bits per heavy atom. The van der Waals surface area contributed by atoms with Gasteiger partial charge in [0.2, 0.25) is 0 Å². The third kappa shape index (κ3) is 6.23. The maximum atomic E-state index is 11.9. The molecule has 0 saturated heterocycles. The number of hydrogen-bond donors (Lipinski definition) is 0. The molecular weight excluding hydrogens is 217 g/mol. The van der Waals surface area contributed by atoms with Crippen molar-refractivity contribution >= 4 is 8.07 Å². The Balaban J connectivity index is 3.82. The second-order valence-electron chi connectivity index (χ2n) is 4.38. The van der Waals surface area contributed by atoms with E-state index >= 15 is 0 Å². The van der Waals surface area contributed by atoms with Gasteiger partial charge in [-0.25, -0.2) is 0 Å². The van der Waals surface area contributed by atoms with Crippen molar-refractivity contribution in [2.45, 2.75) is 70.4 Å². The molecule has 0 aromatic rings. The van der Waals surface area contributed by atoms with Crippen molar-refractivity contribution in [1.82, 2.24) is 0 Å². The van der Waals surface area contributed by atoms with Crippen LogP contribution in [-0.2, 0) is 0 Å². The molecule has 0 heterocycles. The highest BCUT2D eigenvalue weighted by molar-refractivity contribution is 6.79. The van der Waals surface area contributed by atoms with Crippen LogP contribution in [0.15, 0.2) is 0 Å². The summed E-state index contributed by atoms with van der Waals surface area (Å²) in [4.78, 5) is 0. The van der Waals surface area contributed by atoms with Gasteiger partial charge in [-0.1, -0.05) is 51.4 Å². The fourth-order valence-electron chi connectivity index (χ4n) is 2.11. The number of rotatable bonds is 7. The Kier molecular flexibility index (Phi) is 6.56. The Bertz CT molecular complexity index is 153. The maximum Gasteiger partial charge on any atom is 0.389 e. The van der Waals surface area contributed by atoms with E-state index in [-0.39, 0.29) is 0 Å². The summed E-state index contributed by atoms with van der Waals surface area (Å²) in [6, 6.07) is 4.72. The molecule has 0 aliphatic rings. The Hall–Kier alpha value is 0.00688. The zero-order valence-corrected chi connectivity index (χ0v) is 11.1. The van der Waals surface area contributed by atoms with Crippen LogP contribution in [0.3, 0.4) is 0 Å². The van der Waals surface area contributed by atoms with E-state index in [1.807, 2.05) is 0 Å². The molecule has 0 aliphatic heterocycles. The smallest absolute Gasteiger partial charge is 0.171 e. The molecule has 0 rings (SSSR count). The first kappa shape index (κ1) is 15.0. The maximum absolute atomic E-state index is 11.9. The molecule has 0 spiro atoms. The second kappa shape index (κ2) is 6.56. The van der Waals surface area contributed by atoms with Gasteiger partial charge >= 0.3 is 6.18 Å². The SMILES string of the molecule is CC[Si](CC)(CC)CCCCC(F)(F)F. The van der Waals surface area contributed by atoms with Crippen molar-refractivity contribution in [3.05, 3.63) is 0 Å². The van der Waals surface area contributed by atoms with Crippen LogP contribution in [0.5, 0.6) is 0 Å². The minimum atomic E-state index is -3.96. The molecule has 0 radical (unpaired) electrons. The zero-order valence-electron chi connectivity index (χ0n) is 10.1. The van der Waals surface area contributed by atoms with Crippen LogP contribution in [-0.4, -0.2) is 14.3 Å². The summed E-state index contributed by atoms with van der Waals surface area (Å²) in [5.41, 5.74) is 0. The van der Waals surface area contributed by atoms with Gasteiger partial charge in [-0.15, -0.1) is 0 Å². The monoisotopic (exact) mass is 240 g/mol. The molecule has 15 heavy (non-hydrogen) atoms. The van der Waals surface area contributed by atoms with Gasteiger partial charge in [0.05, 0.1) is 8.07 Å². The highest BCUT2D eigenvalue weighted by Gasteiger charge is 2.28. The van der Waals surface area contributed by atoms with Crippen LogP contribution in [0.4, 0.5) is 13.2 Å². The van der Waals surface area contributed by atoms with Crippen LogP contribution in [0.25, 0.3) is 0 Å². The normalized spacial score (nSPS) is 13.2. The van der Waals surface area contributed by atoms with Gasteiger partial charge in [-0.2, -0.15) is 13.2 Å². The fourth-order valence-corrected chi connectivity index (χ4v) is 5.67. The minimum Gasteiger partial charge on any atom is -0.171 e. The van der Waals surface area contributed by atoms with E-state index < -0.39 is 20.7 Å². The van der Waals surface area contributed by atoms with Crippen LogP contribution in [0.1, 0.15) is 40.0 Å². The van der Waals surface area contributed by atoms with Crippen molar-refractivity contribution in [3.63, 3.8) is 0 Å². The molecule has 0 unspecified atom stereocenters. The molecule has 0 nitrogen and oxygen atoms in total. The van der Waals surface area contributed by atoms with E-state index in [9.17, 15) is 13.2 Å². The van der Waals surface area contributed by atoms with Gasteiger partial charge in [0.15, 0.2) is 0 Å². The number of alkyl halides is 3. The third-order valence-corrected chi connectivity index (χ3v) is 9.58. The standard InChI is InChI=1S/C11H23F3Si/c1-4-15(5-2,6-3)10-8-7-9-11(12,13)14/h4-10H2,1-3H3. The number of halogens is 3. The molecule has 0 saturated carbocycles. The molecular formula is C11H23F3Si. The van der Waals surface area contributed by atoms with E-state index in [4.69, 9.17) is 0 Å². The Morgan fingerprint density at radius 1 is 0.867 bits per heavy atom. The largest absolute Gasteiger partial charge is 0.389 e. The summed E-state index contributed by atoms with van der Waals surface area (Å²) in [5, 5.41) is 0. The van der Waals surface area contributed by atoms with Crippen LogP contribution >= 0.6 is 0 Å². The summed E-state index contributed by atoms with van der Waals surface area (Å²) in [6.45, 7) is 6.59. The predicted octanol–water partition coefficient (Wildman–Crippen LogP) is 5.23. The van der Waals surface area contributed by atoms with Gasteiger partial charge < -0.3 is 0 Å². The fraction of sp³-hybridized carbons (Fsp3) is 1.00. The van der Waals surface area contributed by atoms with Crippen molar-refractivity contribution in [2.24, 2.45) is 0 Å². The predicted molar refractivity (Wildman–Crippen MR) is 61.9 cm³/mol. The van der Waals surface area contributed by atoms with Crippen LogP contribution in [0, 0.1) is 0 Å². The second-order valence-corrected chi connectivity index (χ2v) is 10.0. The highest BCUT2D eigenvalue weighted by atomic mass is 28.3. The summed E-state index contributed by atoms with van der Waals surface area (Å²) in [5.74, 6) is 0. The first-order valence-electron chi connectivity index (χ1n) is 5.96. The average Bonchev–Trinajstić information content (AvgIpc) is 2.18. The van der Waals surface area contributed by atoms with Crippen molar-refractivity contribution in [2.75, 3.05) is 0 Å². The Labute approximate surface area is 92.3 Å². The molecule has 0 aromatic heterocycles. The molecule has 0 aromatic carbocycles. The molecule has 0 atom stereocenters. The average molecular weight is 240 g/mol. The van der Waals surface area contributed by atoms with Crippen LogP contribution in [0.2, 0.25) is 24.2 Å². The summed E-state index contributed by atoms with van der Waals surface area (Å²) >= 11 is 0. The molecule has 0 amide bonds. The molecule has 0 bridgehead atoms. The number of unbranched alkanes of at least 4 members (excludes halogenated alkanes) is 1. The lowest BCUT2D eigenvalue weighted by Gasteiger charge is -2.28. The summed E-state index contributed by atoms with van der Waals surface area (Å²) < 4.78 is 35.8. The first-order valence-corrected chi connectivity index (χ1v) is 8.78. The van der Waals surface area contributed by atoms with E-state index in [2.05, 4.69) is 20.8 Å². The quantitative estimate of drug-likeness (QED) is 0.422. The van der Waals surface area contributed by atoms with Crippen molar-refractivity contribution in [3.8, 4) is 0 Å². The summed E-state index contributed by atoms with van der Waals surface area (Å²) in [6.07, 6.45) is -3.48. The first-order chi connectivity index (χ1) is 6.89. The van der Waals surface area contributed by atoms with Gasteiger partial charge in [-0.05, 0) is 6.42 Å². The lowest BCUT2D eigenvalue weighted by molar-refractivity contribution is -0.135. The molecule has 4 heteroatoms. The molecule has 0 aliphatic carbocycles. The number of hydrogen-bond acceptors (Lipinski definition) is 0. The third-order valence-electron chi connectivity index (χ3n) is 3.67. The van der Waals surface area contributed by atoms with E-state index in [0.717, 1.165) is 12.5 Å². The van der Waals surface area contributed by atoms with Gasteiger partial charge in [-0.3, -0.25) is 0 Å². The summed E-state index contributed by atoms with van der Waals surface area (Å²) in [7, 11) is -1.18. The topological polar surface area (TPSA) is 0 Å². The van der Waals surface area contributed by atoms with Crippen molar-refractivity contribution in [1.29, 1.82) is 0 Å². The van der Waals surface area contributed by atoms with Crippen LogP contribution < -0.4 is 0 Å². The van der Waals surface area contributed by atoms with Gasteiger partial charge in [0, 0.05) is 6.42 Å².